The molecule has 4 fully saturated rings. The highest BCUT2D eigenvalue weighted by atomic mass is 16.5. The molecule has 5 nitrogen and oxygen atoms in total. The standard InChI is InChI=1S/C28H34N2O3/c1-2-33-23-5-3-4-20(17-23)21-6-7-24-22(16-21)8-11-28(12-13-28)26(24)30(27(31)32)25-18-29-14-9-19(25)10-15-29/h3-7,16-17,19,25-26H,2,8-15,18H2,1H3,(H,31,32)/t25-,26?/m1/s1. The zero-order valence-corrected chi connectivity index (χ0v) is 19.5. The summed E-state index contributed by atoms with van der Waals surface area (Å²) in [6.07, 6.45) is 5.98. The van der Waals surface area contributed by atoms with E-state index in [2.05, 4.69) is 35.2 Å². The fourth-order valence-electron chi connectivity index (χ4n) is 6.87. The summed E-state index contributed by atoms with van der Waals surface area (Å²) in [4.78, 5) is 17.2. The summed E-state index contributed by atoms with van der Waals surface area (Å²) in [6, 6.07) is 15.1. The number of amides is 1. The Morgan fingerprint density at radius 1 is 1.12 bits per heavy atom. The molecule has 2 atom stereocenters. The van der Waals surface area contributed by atoms with Crippen molar-refractivity contribution >= 4 is 6.09 Å². The van der Waals surface area contributed by atoms with E-state index < -0.39 is 6.09 Å². The van der Waals surface area contributed by atoms with Crippen molar-refractivity contribution in [2.45, 2.75) is 57.5 Å². The molecule has 0 aromatic heterocycles. The van der Waals surface area contributed by atoms with Gasteiger partial charge in [0.15, 0.2) is 0 Å². The van der Waals surface area contributed by atoms with Crippen LogP contribution in [0.2, 0.25) is 0 Å². The number of hydrogen-bond donors (Lipinski definition) is 1. The molecule has 2 aliphatic carbocycles. The van der Waals surface area contributed by atoms with E-state index in [0.29, 0.717) is 12.5 Å². The van der Waals surface area contributed by atoms with Gasteiger partial charge < -0.3 is 14.7 Å². The maximum Gasteiger partial charge on any atom is 0.408 e. The summed E-state index contributed by atoms with van der Waals surface area (Å²) in [6.45, 7) is 5.82. The third-order valence-electron chi connectivity index (χ3n) is 8.76. The minimum absolute atomic E-state index is 0.00638. The smallest absolute Gasteiger partial charge is 0.408 e. The molecule has 174 valence electrons. The van der Waals surface area contributed by atoms with Crippen molar-refractivity contribution in [2.24, 2.45) is 11.3 Å². The molecule has 1 unspecified atom stereocenters. The summed E-state index contributed by atoms with van der Waals surface area (Å²) < 4.78 is 5.71. The molecule has 3 saturated heterocycles. The molecule has 2 aromatic rings. The lowest BCUT2D eigenvalue weighted by atomic mass is 9.73. The highest BCUT2D eigenvalue weighted by molar-refractivity contribution is 5.69. The summed E-state index contributed by atoms with van der Waals surface area (Å²) in [7, 11) is 0. The lowest BCUT2D eigenvalue weighted by Crippen LogP contribution is -2.60. The van der Waals surface area contributed by atoms with E-state index in [1.807, 2.05) is 24.0 Å². The molecule has 5 aliphatic rings. The maximum absolute atomic E-state index is 12.8. The molecule has 1 spiro atoms. The Hall–Kier alpha value is -2.53. The molecular formula is C28H34N2O3. The zero-order chi connectivity index (χ0) is 22.6. The van der Waals surface area contributed by atoms with Crippen LogP contribution in [0.3, 0.4) is 0 Å². The topological polar surface area (TPSA) is 53.0 Å². The van der Waals surface area contributed by atoms with Crippen LogP contribution < -0.4 is 4.74 Å². The number of carbonyl (C=O) groups is 1. The molecular weight excluding hydrogens is 412 g/mol. The van der Waals surface area contributed by atoms with E-state index in [1.165, 1.54) is 16.7 Å². The van der Waals surface area contributed by atoms with Gasteiger partial charge in [-0.25, -0.2) is 4.79 Å². The second kappa shape index (κ2) is 8.05. The fourth-order valence-corrected chi connectivity index (χ4v) is 6.87. The second-order valence-corrected chi connectivity index (χ2v) is 10.5. The van der Waals surface area contributed by atoms with Gasteiger partial charge in [-0.05, 0) is 104 Å². The summed E-state index contributed by atoms with van der Waals surface area (Å²) in [5.74, 6) is 1.40. The van der Waals surface area contributed by atoms with Crippen LogP contribution in [0.15, 0.2) is 42.5 Å². The predicted octanol–water partition coefficient (Wildman–Crippen LogP) is 5.59. The van der Waals surface area contributed by atoms with Crippen molar-refractivity contribution in [3.8, 4) is 16.9 Å². The van der Waals surface area contributed by atoms with Gasteiger partial charge >= 0.3 is 6.09 Å². The van der Waals surface area contributed by atoms with E-state index in [9.17, 15) is 9.90 Å². The lowest BCUT2D eigenvalue weighted by molar-refractivity contribution is -0.0243. The van der Waals surface area contributed by atoms with E-state index in [4.69, 9.17) is 4.74 Å². The second-order valence-electron chi connectivity index (χ2n) is 10.5. The Morgan fingerprint density at radius 2 is 1.91 bits per heavy atom. The summed E-state index contributed by atoms with van der Waals surface area (Å²) in [5.41, 5.74) is 5.06. The zero-order valence-electron chi connectivity index (χ0n) is 19.5. The van der Waals surface area contributed by atoms with E-state index >= 15 is 0 Å². The van der Waals surface area contributed by atoms with Gasteiger partial charge in [-0.1, -0.05) is 30.3 Å². The molecule has 1 saturated carbocycles. The van der Waals surface area contributed by atoms with Gasteiger partial charge in [0.25, 0.3) is 0 Å². The van der Waals surface area contributed by atoms with Crippen LogP contribution in [0.4, 0.5) is 4.79 Å². The number of nitrogens with zero attached hydrogens (tertiary/aromatic N) is 2. The molecule has 1 amide bonds. The molecule has 0 radical (unpaired) electrons. The first-order chi connectivity index (χ1) is 16.1. The Bertz CT molecular complexity index is 1050. The number of carboxylic acid groups (broad SMARTS) is 1. The van der Waals surface area contributed by atoms with Gasteiger partial charge in [-0.15, -0.1) is 0 Å². The van der Waals surface area contributed by atoms with Gasteiger partial charge in [-0.2, -0.15) is 0 Å². The quantitative estimate of drug-likeness (QED) is 0.650. The van der Waals surface area contributed by atoms with Gasteiger partial charge in [-0.3, -0.25) is 4.90 Å². The molecule has 3 aliphatic heterocycles. The molecule has 2 aromatic carbocycles. The largest absolute Gasteiger partial charge is 0.494 e. The van der Waals surface area contributed by atoms with Crippen LogP contribution in [0, 0.1) is 11.3 Å². The third-order valence-corrected chi connectivity index (χ3v) is 8.76. The van der Waals surface area contributed by atoms with Gasteiger partial charge in [0.1, 0.15) is 5.75 Å². The Balaban J connectivity index is 1.37. The predicted molar refractivity (Wildman–Crippen MR) is 129 cm³/mol. The van der Waals surface area contributed by atoms with Crippen molar-refractivity contribution in [3.05, 3.63) is 53.6 Å². The van der Waals surface area contributed by atoms with Crippen LogP contribution in [0.25, 0.3) is 11.1 Å². The van der Waals surface area contributed by atoms with Crippen molar-refractivity contribution in [1.29, 1.82) is 0 Å². The molecule has 5 heteroatoms. The SMILES string of the molecule is CCOc1cccc(-c2ccc3c(c2)CCC2(CC2)C3N(C(=O)O)[C@@H]2CN3CCC2CC3)c1. The van der Waals surface area contributed by atoms with Crippen molar-refractivity contribution in [1.82, 2.24) is 9.80 Å². The normalized spacial score (nSPS) is 28.9. The van der Waals surface area contributed by atoms with E-state index in [0.717, 1.165) is 69.5 Å². The highest BCUT2D eigenvalue weighted by Gasteiger charge is 2.57. The Kier molecular flexibility index (Phi) is 5.13. The number of hydrogen-bond acceptors (Lipinski definition) is 3. The van der Waals surface area contributed by atoms with Crippen LogP contribution in [-0.4, -0.2) is 53.3 Å². The van der Waals surface area contributed by atoms with Crippen molar-refractivity contribution in [2.75, 3.05) is 26.2 Å². The molecule has 1 N–H and O–H groups in total. The average Bonchev–Trinajstić information content (AvgIpc) is 3.62. The fraction of sp³-hybridized carbons (Fsp3) is 0.536. The molecule has 33 heavy (non-hydrogen) atoms. The van der Waals surface area contributed by atoms with E-state index in [1.54, 1.807) is 0 Å². The third kappa shape index (κ3) is 3.61. The first-order valence-electron chi connectivity index (χ1n) is 12.7. The Morgan fingerprint density at radius 3 is 2.58 bits per heavy atom. The number of ether oxygens (including phenoxy) is 1. The van der Waals surface area contributed by atoms with Crippen LogP contribution in [0.1, 0.15) is 56.2 Å². The summed E-state index contributed by atoms with van der Waals surface area (Å²) >= 11 is 0. The molecule has 7 rings (SSSR count). The Labute approximate surface area is 196 Å². The van der Waals surface area contributed by atoms with Crippen LogP contribution >= 0.6 is 0 Å². The maximum atomic E-state index is 12.8. The first kappa shape index (κ1) is 21.0. The monoisotopic (exact) mass is 446 g/mol. The van der Waals surface area contributed by atoms with E-state index in [-0.39, 0.29) is 17.5 Å². The van der Waals surface area contributed by atoms with Gasteiger partial charge in [0, 0.05) is 6.54 Å². The molecule has 2 bridgehead atoms. The van der Waals surface area contributed by atoms with Gasteiger partial charge in [0.2, 0.25) is 0 Å². The number of rotatable bonds is 5. The first-order valence-corrected chi connectivity index (χ1v) is 12.7. The molecule has 3 heterocycles. The van der Waals surface area contributed by atoms with Gasteiger partial charge in [0.05, 0.1) is 18.7 Å². The lowest BCUT2D eigenvalue weighted by Gasteiger charge is -2.52. The number of benzene rings is 2. The minimum Gasteiger partial charge on any atom is -0.494 e. The number of fused-ring (bicyclic) bond motifs is 4. The van der Waals surface area contributed by atoms with Crippen molar-refractivity contribution < 1.29 is 14.6 Å². The van der Waals surface area contributed by atoms with Crippen molar-refractivity contribution in [3.63, 3.8) is 0 Å². The highest BCUT2D eigenvalue weighted by Crippen LogP contribution is 2.63. The minimum atomic E-state index is -0.730. The van der Waals surface area contributed by atoms with Crippen LogP contribution in [-0.2, 0) is 6.42 Å². The average molecular weight is 447 g/mol. The number of piperidine rings is 3. The van der Waals surface area contributed by atoms with Crippen LogP contribution in [0.5, 0.6) is 5.75 Å². The summed E-state index contributed by atoms with van der Waals surface area (Å²) in [5, 5.41) is 10.5. The number of aryl methyl sites for hydroxylation is 1.